The minimum absolute atomic E-state index is 0.128. The van der Waals surface area contributed by atoms with Crippen molar-refractivity contribution in [2.45, 2.75) is 11.4 Å². The van der Waals surface area contributed by atoms with Crippen LogP contribution in [-0.4, -0.2) is 56.9 Å². The van der Waals surface area contributed by atoms with Crippen LogP contribution in [0.2, 0.25) is 0 Å². The van der Waals surface area contributed by atoms with E-state index in [1.807, 2.05) is 4.90 Å². The Morgan fingerprint density at radius 2 is 1.85 bits per heavy atom. The van der Waals surface area contributed by atoms with Gasteiger partial charge in [0.1, 0.15) is 16.5 Å². The molecule has 3 rings (SSSR count). The molecule has 0 unspecified atom stereocenters. The van der Waals surface area contributed by atoms with Gasteiger partial charge in [-0.15, -0.1) is 0 Å². The largest absolute Gasteiger partial charge is 0.463 e. The first kappa shape index (κ1) is 18.6. The van der Waals surface area contributed by atoms with Gasteiger partial charge in [-0.1, -0.05) is 12.1 Å². The number of carbonyl (C=O) groups excluding carboxylic acids is 1. The van der Waals surface area contributed by atoms with Gasteiger partial charge in [0.15, 0.2) is 0 Å². The number of esters is 1. The lowest BCUT2D eigenvalue weighted by Crippen LogP contribution is -2.48. The summed E-state index contributed by atoms with van der Waals surface area (Å²) < 4.78 is 50.3. The molecule has 0 saturated carbocycles. The molecule has 1 saturated heterocycles. The van der Waals surface area contributed by atoms with E-state index in [2.05, 4.69) is 4.74 Å². The molecular weight excluding hydrogens is 363 g/mol. The van der Waals surface area contributed by atoms with Crippen molar-refractivity contribution in [1.29, 1.82) is 0 Å². The maximum Gasteiger partial charge on any atom is 0.373 e. The van der Waals surface area contributed by atoms with Crippen molar-refractivity contribution in [3.8, 4) is 0 Å². The molecule has 2 aromatic rings. The Bertz CT molecular complexity index is 888. The summed E-state index contributed by atoms with van der Waals surface area (Å²) in [7, 11) is -2.57. The number of carbonyl (C=O) groups is 1. The molecule has 1 aliphatic rings. The Morgan fingerprint density at radius 3 is 2.50 bits per heavy atom. The summed E-state index contributed by atoms with van der Waals surface area (Å²) in [5.74, 6) is -0.572. The number of hydrogen-bond acceptors (Lipinski definition) is 6. The van der Waals surface area contributed by atoms with E-state index in [0.717, 1.165) is 6.07 Å². The minimum atomic E-state index is -3.85. The number of furan rings is 1. The van der Waals surface area contributed by atoms with Gasteiger partial charge in [0.05, 0.1) is 13.7 Å². The number of ether oxygens (including phenoxy) is 1. The van der Waals surface area contributed by atoms with Gasteiger partial charge < -0.3 is 9.15 Å². The van der Waals surface area contributed by atoms with E-state index < -0.39 is 21.8 Å². The third kappa shape index (κ3) is 3.79. The Hall–Kier alpha value is -2.23. The van der Waals surface area contributed by atoms with E-state index in [4.69, 9.17) is 4.42 Å². The van der Waals surface area contributed by atoms with Gasteiger partial charge in [0.2, 0.25) is 15.8 Å². The van der Waals surface area contributed by atoms with E-state index in [-0.39, 0.29) is 23.7 Å². The molecule has 0 amide bonds. The quantitative estimate of drug-likeness (QED) is 0.733. The van der Waals surface area contributed by atoms with E-state index in [1.54, 1.807) is 12.1 Å². The summed E-state index contributed by atoms with van der Waals surface area (Å²) in [5, 5.41) is 0. The van der Waals surface area contributed by atoms with Crippen LogP contribution < -0.4 is 0 Å². The fourth-order valence-electron chi connectivity index (χ4n) is 2.81. The molecule has 1 fully saturated rings. The standard InChI is InChI=1S/C17H19FN2O5S/c1-24-17(21)15-7-6-13(25-15)12-19-8-10-20(11-9-19)26(22,23)16-5-3-2-4-14(16)18/h2-7H,8-12H2,1H3. The zero-order valence-corrected chi connectivity index (χ0v) is 15.0. The average Bonchev–Trinajstić information content (AvgIpc) is 3.10. The Balaban J connectivity index is 1.61. The van der Waals surface area contributed by atoms with Gasteiger partial charge in [0.25, 0.3) is 0 Å². The molecule has 0 N–H and O–H groups in total. The number of sulfonamides is 1. The molecule has 0 radical (unpaired) electrons. The number of hydrogen-bond donors (Lipinski definition) is 0. The Labute approximate surface area is 151 Å². The first-order valence-electron chi connectivity index (χ1n) is 8.06. The van der Waals surface area contributed by atoms with Gasteiger partial charge in [-0.3, -0.25) is 4.90 Å². The highest BCUT2D eigenvalue weighted by molar-refractivity contribution is 7.89. The lowest BCUT2D eigenvalue weighted by molar-refractivity contribution is 0.0560. The maximum atomic E-state index is 13.8. The summed E-state index contributed by atoms with van der Waals surface area (Å²) in [6, 6.07) is 8.60. The van der Waals surface area contributed by atoms with Crippen LogP contribution in [-0.2, 0) is 21.3 Å². The molecular formula is C17H19FN2O5S. The fourth-order valence-corrected chi connectivity index (χ4v) is 4.30. The topological polar surface area (TPSA) is 80.1 Å². The van der Waals surface area contributed by atoms with E-state index in [9.17, 15) is 17.6 Å². The lowest BCUT2D eigenvalue weighted by Gasteiger charge is -2.33. The number of nitrogens with zero attached hydrogens (tertiary/aromatic N) is 2. The molecule has 1 aromatic carbocycles. The number of piperazine rings is 1. The predicted molar refractivity (Wildman–Crippen MR) is 90.5 cm³/mol. The lowest BCUT2D eigenvalue weighted by atomic mass is 10.3. The minimum Gasteiger partial charge on any atom is -0.463 e. The second-order valence-electron chi connectivity index (χ2n) is 5.87. The fraction of sp³-hybridized carbons (Fsp3) is 0.353. The number of rotatable bonds is 5. The van der Waals surface area contributed by atoms with Crippen LogP contribution in [0.1, 0.15) is 16.3 Å². The highest BCUT2D eigenvalue weighted by Crippen LogP contribution is 2.21. The van der Waals surface area contributed by atoms with Gasteiger partial charge >= 0.3 is 5.97 Å². The van der Waals surface area contributed by atoms with Crippen molar-refractivity contribution < 1.29 is 26.8 Å². The molecule has 9 heteroatoms. The zero-order chi connectivity index (χ0) is 18.7. The Kier molecular flexibility index (Phi) is 5.40. The van der Waals surface area contributed by atoms with Gasteiger partial charge in [-0.25, -0.2) is 17.6 Å². The van der Waals surface area contributed by atoms with Crippen LogP contribution in [0.4, 0.5) is 4.39 Å². The van der Waals surface area contributed by atoms with Crippen molar-refractivity contribution in [3.05, 3.63) is 53.7 Å². The van der Waals surface area contributed by atoms with Crippen LogP contribution in [0, 0.1) is 5.82 Å². The van der Waals surface area contributed by atoms with Crippen molar-refractivity contribution >= 4 is 16.0 Å². The molecule has 140 valence electrons. The molecule has 26 heavy (non-hydrogen) atoms. The third-order valence-corrected chi connectivity index (χ3v) is 6.15. The SMILES string of the molecule is COC(=O)c1ccc(CN2CCN(S(=O)(=O)c3ccccc3F)CC2)o1. The number of halogens is 1. The molecule has 0 spiro atoms. The van der Waals surface area contributed by atoms with Crippen molar-refractivity contribution in [1.82, 2.24) is 9.21 Å². The van der Waals surface area contributed by atoms with E-state index in [0.29, 0.717) is 25.4 Å². The first-order valence-corrected chi connectivity index (χ1v) is 9.50. The monoisotopic (exact) mass is 382 g/mol. The van der Waals surface area contributed by atoms with Crippen molar-refractivity contribution in [2.75, 3.05) is 33.3 Å². The van der Waals surface area contributed by atoms with Crippen molar-refractivity contribution in [2.24, 2.45) is 0 Å². The average molecular weight is 382 g/mol. The highest BCUT2D eigenvalue weighted by Gasteiger charge is 2.30. The predicted octanol–water partition coefficient (Wildman–Crippen LogP) is 1.71. The van der Waals surface area contributed by atoms with Gasteiger partial charge in [-0.05, 0) is 24.3 Å². The second-order valence-corrected chi connectivity index (χ2v) is 7.77. The molecule has 0 atom stereocenters. The Morgan fingerprint density at radius 1 is 1.15 bits per heavy atom. The van der Waals surface area contributed by atoms with Crippen molar-refractivity contribution in [3.63, 3.8) is 0 Å². The normalized spacial score (nSPS) is 16.5. The summed E-state index contributed by atoms with van der Waals surface area (Å²) in [6.45, 7) is 1.90. The van der Waals surface area contributed by atoms with Crippen LogP contribution in [0.15, 0.2) is 45.7 Å². The molecule has 2 heterocycles. The van der Waals surface area contributed by atoms with E-state index >= 15 is 0 Å². The summed E-state index contributed by atoms with van der Waals surface area (Å²) in [5.41, 5.74) is 0. The summed E-state index contributed by atoms with van der Waals surface area (Å²) in [6.07, 6.45) is 0. The van der Waals surface area contributed by atoms with Crippen LogP contribution >= 0.6 is 0 Å². The summed E-state index contributed by atoms with van der Waals surface area (Å²) in [4.78, 5) is 13.1. The van der Waals surface area contributed by atoms with Crippen LogP contribution in [0.3, 0.4) is 0 Å². The molecule has 1 aromatic heterocycles. The molecule has 0 bridgehead atoms. The smallest absolute Gasteiger partial charge is 0.373 e. The van der Waals surface area contributed by atoms with E-state index in [1.165, 1.54) is 29.6 Å². The van der Waals surface area contributed by atoms with Gasteiger partial charge in [-0.2, -0.15) is 4.31 Å². The maximum absolute atomic E-state index is 13.8. The highest BCUT2D eigenvalue weighted by atomic mass is 32.2. The molecule has 1 aliphatic heterocycles. The van der Waals surface area contributed by atoms with Gasteiger partial charge in [0, 0.05) is 26.2 Å². The number of benzene rings is 1. The third-order valence-electron chi connectivity index (χ3n) is 4.21. The summed E-state index contributed by atoms with van der Waals surface area (Å²) >= 11 is 0. The zero-order valence-electron chi connectivity index (χ0n) is 14.2. The molecule has 7 nitrogen and oxygen atoms in total. The second kappa shape index (κ2) is 7.56. The van der Waals surface area contributed by atoms with Crippen LogP contribution in [0.5, 0.6) is 0 Å². The number of methoxy groups -OCH3 is 1. The molecule has 0 aliphatic carbocycles. The first-order chi connectivity index (χ1) is 12.4. The van der Waals surface area contributed by atoms with Crippen LogP contribution in [0.25, 0.3) is 0 Å².